The van der Waals surface area contributed by atoms with Crippen LogP contribution in [0.5, 0.6) is 0 Å². The van der Waals surface area contributed by atoms with Crippen molar-refractivity contribution in [1.82, 2.24) is 10.2 Å². The highest BCUT2D eigenvalue weighted by Crippen LogP contribution is 2.23. The molecule has 0 aromatic heterocycles. The van der Waals surface area contributed by atoms with Gasteiger partial charge in [0.15, 0.2) is 0 Å². The van der Waals surface area contributed by atoms with Gasteiger partial charge in [-0.1, -0.05) is 0 Å². The van der Waals surface area contributed by atoms with Gasteiger partial charge in [0.25, 0.3) is 0 Å². The second-order valence-electron chi connectivity index (χ2n) is 3.54. The smallest absolute Gasteiger partial charge is 0.327 e. The molecule has 0 saturated carbocycles. The molecule has 2 amide bonds. The normalized spacial score (nSPS) is 20.3. The van der Waals surface area contributed by atoms with E-state index in [0.717, 1.165) is 16.7 Å². The number of halogens is 4. The van der Waals surface area contributed by atoms with Crippen LogP contribution in [-0.2, 0) is 4.79 Å². The van der Waals surface area contributed by atoms with Gasteiger partial charge in [0.1, 0.15) is 6.04 Å². The molecular weight excluding hydrogens is 280 g/mol. The van der Waals surface area contributed by atoms with Gasteiger partial charge in [-0.25, -0.2) is 18.4 Å². The molecule has 1 fully saturated rings. The SMILES string of the molecule is O=C(O)[C@@H]1CSCN1C(=O)NCC(F)(F)C(F)F. The molecule has 0 spiro atoms. The Balaban J connectivity index is 2.53. The van der Waals surface area contributed by atoms with Crippen LogP contribution < -0.4 is 5.32 Å². The number of alkyl halides is 4. The van der Waals surface area contributed by atoms with Gasteiger partial charge in [-0.3, -0.25) is 0 Å². The Morgan fingerprint density at radius 3 is 2.61 bits per heavy atom. The van der Waals surface area contributed by atoms with Gasteiger partial charge in [0.2, 0.25) is 0 Å². The number of carboxylic acids is 1. The van der Waals surface area contributed by atoms with E-state index in [0.29, 0.717) is 0 Å². The summed E-state index contributed by atoms with van der Waals surface area (Å²) in [5.74, 6) is -5.45. The molecule has 1 saturated heterocycles. The van der Waals surface area contributed by atoms with Crippen molar-refractivity contribution in [2.24, 2.45) is 0 Å². The van der Waals surface area contributed by atoms with E-state index in [9.17, 15) is 27.2 Å². The Morgan fingerprint density at radius 2 is 2.11 bits per heavy atom. The molecule has 0 radical (unpaired) electrons. The highest BCUT2D eigenvalue weighted by atomic mass is 32.2. The van der Waals surface area contributed by atoms with Crippen LogP contribution in [0.3, 0.4) is 0 Å². The second-order valence-corrected chi connectivity index (χ2v) is 4.54. The van der Waals surface area contributed by atoms with Crippen LogP contribution in [0.2, 0.25) is 0 Å². The van der Waals surface area contributed by atoms with E-state index in [4.69, 9.17) is 5.11 Å². The van der Waals surface area contributed by atoms with Crippen molar-refractivity contribution in [3.63, 3.8) is 0 Å². The van der Waals surface area contributed by atoms with E-state index in [1.807, 2.05) is 0 Å². The Kier molecular flexibility index (Phi) is 4.65. The number of nitrogens with zero attached hydrogens (tertiary/aromatic N) is 1. The molecule has 1 aliphatic rings. The van der Waals surface area contributed by atoms with Crippen molar-refractivity contribution in [2.75, 3.05) is 18.2 Å². The summed E-state index contributed by atoms with van der Waals surface area (Å²) in [6.07, 6.45) is -3.89. The first-order valence-electron chi connectivity index (χ1n) is 4.76. The number of carbonyl (C=O) groups excluding carboxylic acids is 1. The van der Waals surface area contributed by atoms with E-state index >= 15 is 0 Å². The quantitative estimate of drug-likeness (QED) is 0.760. The summed E-state index contributed by atoms with van der Waals surface area (Å²) in [7, 11) is 0. The number of aliphatic carboxylic acids is 1. The van der Waals surface area contributed by atoms with Gasteiger partial charge in [0, 0.05) is 5.75 Å². The Labute approximate surface area is 104 Å². The van der Waals surface area contributed by atoms with Gasteiger partial charge in [-0.2, -0.15) is 8.78 Å². The summed E-state index contributed by atoms with van der Waals surface area (Å²) in [5.41, 5.74) is 0. The topological polar surface area (TPSA) is 69.6 Å². The van der Waals surface area contributed by atoms with Crippen molar-refractivity contribution < 1.29 is 32.3 Å². The van der Waals surface area contributed by atoms with E-state index in [1.165, 1.54) is 0 Å². The van der Waals surface area contributed by atoms with Crippen molar-refractivity contribution in [1.29, 1.82) is 0 Å². The number of rotatable bonds is 4. The first-order chi connectivity index (χ1) is 8.25. The molecule has 0 bridgehead atoms. The van der Waals surface area contributed by atoms with Gasteiger partial charge in [-0.05, 0) is 0 Å². The summed E-state index contributed by atoms with van der Waals surface area (Å²) in [4.78, 5) is 22.9. The number of thioether (sulfide) groups is 1. The lowest BCUT2D eigenvalue weighted by Gasteiger charge is -2.22. The van der Waals surface area contributed by atoms with Crippen molar-refractivity contribution in [3.8, 4) is 0 Å². The number of nitrogens with one attached hydrogen (secondary N) is 1. The van der Waals surface area contributed by atoms with Crippen LogP contribution in [0.1, 0.15) is 0 Å². The number of hydrogen-bond donors (Lipinski definition) is 2. The third-order valence-electron chi connectivity index (χ3n) is 2.22. The fourth-order valence-corrected chi connectivity index (χ4v) is 2.36. The highest BCUT2D eigenvalue weighted by molar-refractivity contribution is 7.99. The maximum Gasteiger partial charge on any atom is 0.327 e. The maximum atomic E-state index is 12.5. The summed E-state index contributed by atoms with van der Waals surface area (Å²) in [6, 6.07) is -2.22. The molecule has 5 nitrogen and oxygen atoms in total. The second kappa shape index (κ2) is 5.63. The van der Waals surface area contributed by atoms with Gasteiger partial charge >= 0.3 is 24.3 Å². The molecule has 0 unspecified atom stereocenters. The molecule has 1 aliphatic heterocycles. The van der Waals surface area contributed by atoms with E-state index in [-0.39, 0.29) is 11.6 Å². The predicted molar refractivity (Wildman–Crippen MR) is 54.9 cm³/mol. The average Bonchev–Trinajstić information content (AvgIpc) is 2.74. The number of urea groups is 1. The Bertz CT molecular complexity index is 342. The molecule has 0 aliphatic carbocycles. The average molecular weight is 290 g/mol. The minimum Gasteiger partial charge on any atom is -0.480 e. The molecule has 1 rings (SSSR count). The minimum atomic E-state index is -4.33. The van der Waals surface area contributed by atoms with Gasteiger partial charge < -0.3 is 15.3 Å². The van der Waals surface area contributed by atoms with Crippen LogP contribution in [0.4, 0.5) is 22.4 Å². The van der Waals surface area contributed by atoms with Gasteiger partial charge in [-0.15, -0.1) is 11.8 Å². The van der Waals surface area contributed by atoms with Crippen molar-refractivity contribution in [2.45, 2.75) is 18.4 Å². The summed E-state index contributed by atoms with van der Waals surface area (Å²) < 4.78 is 48.8. The summed E-state index contributed by atoms with van der Waals surface area (Å²) in [5, 5.41) is 10.4. The molecule has 0 aromatic rings. The highest BCUT2D eigenvalue weighted by Gasteiger charge is 2.42. The number of carboxylic acid groups (broad SMARTS) is 1. The monoisotopic (exact) mass is 290 g/mol. The lowest BCUT2D eigenvalue weighted by atomic mass is 10.3. The summed E-state index contributed by atoms with van der Waals surface area (Å²) in [6.45, 7) is -1.53. The molecular formula is C8H10F4N2O3S. The van der Waals surface area contributed by atoms with Crippen LogP contribution >= 0.6 is 11.8 Å². The molecule has 1 atom stereocenters. The largest absolute Gasteiger partial charge is 0.480 e. The summed E-state index contributed by atoms with van der Waals surface area (Å²) >= 11 is 1.14. The number of hydrogen-bond acceptors (Lipinski definition) is 3. The molecule has 104 valence electrons. The lowest BCUT2D eigenvalue weighted by Crippen LogP contribution is -2.50. The van der Waals surface area contributed by atoms with Crippen LogP contribution in [0.25, 0.3) is 0 Å². The van der Waals surface area contributed by atoms with Gasteiger partial charge in [0.05, 0.1) is 12.4 Å². The van der Waals surface area contributed by atoms with Crippen molar-refractivity contribution in [3.05, 3.63) is 0 Å². The number of amides is 2. The van der Waals surface area contributed by atoms with E-state index < -0.39 is 36.9 Å². The van der Waals surface area contributed by atoms with E-state index in [2.05, 4.69) is 0 Å². The molecule has 18 heavy (non-hydrogen) atoms. The van der Waals surface area contributed by atoms with Crippen LogP contribution in [0, 0.1) is 0 Å². The maximum absolute atomic E-state index is 12.5. The zero-order chi connectivity index (χ0) is 13.9. The van der Waals surface area contributed by atoms with Crippen molar-refractivity contribution >= 4 is 23.8 Å². The fraction of sp³-hybridized carbons (Fsp3) is 0.750. The lowest BCUT2D eigenvalue weighted by molar-refractivity contribution is -0.140. The third kappa shape index (κ3) is 3.40. The predicted octanol–water partition coefficient (Wildman–Crippen LogP) is 1.06. The minimum absolute atomic E-state index is 0.0169. The molecule has 2 N–H and O–H groups in total. The van der Waals surface area contributed by atoms with Crippen LogP contribution in [-0.4, -0.2) is 58.6 Å². The molecule has 10 heteroatoms. The fourth-order valence-electron chi connectivity index (χ4n) is 1.22. The third-order valence-corrected chi connectivity index (χ3v) is 3.23. The standard InChI is InChI=1S/C8H10F4N2O3S/c9-6(10)8(11,12)2-13-7(17)14-3-18-1-4(14)5(15)16/h4,6H,1-3H2,(H,13,17)(H,15,16)/t4-/m0/s1. The molecule has 0 aromatic carbocycles. The first kappa shape index (κ1) is 14.9. The first-order valence-corrected chi connectivity index (χ1v) is 5.92. The number of carbonyl (C=O) groups is 2. The Hall–Kier alpha value is -1.19. The van der Waals surface area contributed by atoms with E-state index in [1.54, 1.807) is 5.32 Å². The molecule has 1 heterocycles. The zero-order valence-corrected chi connectivity index (χ0v) is 9.72. The zero-order valence-electron chi connectivity index (χ0n) is 8.91. The van der Waals surface area contributed by atoms with Crippen LogP contribution in [0.15, 0.2) is 0 Å². The Morgan fingerprint density at radius 1 is 1.50 bits per heavy atom.